The average Bonchev–Trinajstić information content (AvgIpc) is 2.99. The van der Waals surface area contributed by atoms with Gasteiger partial charge in [0.15, 0.2) is 0 Å². The van der Waals surface area contributed by atoms with Gasteiger partial charge < -0.3 is 10.0 Å². The molecule has 0 aromatic carbocycles. The summed E-state index contributed by atoms with van der Waals surface area (Å²) in [5, 5.41) is 8.67. The number of rotatable bonds is 8. The van der Waals surface area contributed by atoms with Crippen LogP contribution >= 0.6 is 0 Å². The largest absolute Gasteiger partial charge is 0.481 e. The fraction of sp³-hybridized carbons (Fsp3) is 0.846. The number of carboxylic acid groups (broad SMARTS) is 1. The Kier molecular flexibility index (Phi) is 5.45. The summed E-state index contributed by atoms with van der Waals surface area (Å²) in [7, 11) is 0. The third-order valence-electron chi connectivity index (χ3n) is 3.07. The van der Waals surface area contributed by atoms with E-state index in [1.807, 2.05) is 11.8 Å². The van der Waals surface area contributed by atoms with Crippen LogP contribution in [0, 0.1) is 11.8 Å². The van der Waals surface area contributed by atoms with Crippen LogP contribution in [0.3, 0.4) is 0 Å². The second-order valence-corrected chi connectivity index (χ2v) is 5.19. The predicted octanol–water partition coefficient (Wildman–Crippen LogP) is 2.14. The fourth-order valence-corrected chi connectivity index (χ4v) is 2.00. The van der Waals surface area contributed by atoms with E-state index in [0.29, 0.717) is 12.3 Å². The zero-order chi connectivity index (χ0) is 12.8. The van der Waals surface area contributed by atoms with Gasteiger partial charge in [-0.1, -0.05) is 13.8 Å². The lowest BCUT2D eigenvalue weighted by Gasteiger charge is -2.23. The van der Waals surface area contributed by atoms with Gasteiger partial charge in [-0.15, -0.1) is 0 Å². The first-order valence-corrected chi connectivity index (χ1v) is 6.52. The molecule has 1 unspecified atom stereocenters. The minimum atomic E-state index is -0.825. The van der Waals surface area contributed by atoms with Crippen LogP contribution in [0.1, 0.15) is 46.0 Å². The molecule has 1 rings (SSSR count). The zero-order valence-corrected chi connectivity index (χ0v) is 10.8. The zero-order valence-electron chi connectivity index (χ0n) is 10.8. The maximum absolute atomic E-state index is 12.0. The van der Waals surface area contributed by atoms with Crippen molar-refractivity contribution >= 4 is 11.9 Å². The van der Waals surface area contributed by atoms with Gasteiger partial charge in [0.25, 0.3) is 0 Å². The Morgan fingerprint density at radius 2 is 2.00 bits per heavy atom. The Hall–Kier alpha value is -1.06. The number of carboxylic acids is 1. The van der Waals surface area contributed by atoms with Gasteiger partial charge in [-0.05, 0) is 31.1 Å². The van der Waals surface area contributed by atoms with E-state index >= 15 is 0 Å². The highest BCUT2D eigenvalue weighted by Gasteiger charge is 2.27. The average molecular weight is 241 g/mol. The molecule has 1 amide bonds. The van der Waals surface area contributed by atoms with E-state index in [4.69, 9.17) is 5.11 Å². The highest BCUT2D eigenvalue weighted by molar-refractivity contribution is 5.77. The number of nitrogens with zero attached hydrogens (tertiary/aromatic N) is 1. The van der Waals surface area contributed by atoms with Crippen molar-refractivity contribution in [3.05, 3.63) is 0 Å². The second kappa shape index (κ2) is 6.62. The van der Waals surface area contributed by atoms with Crippen molar-refractivity contribution < 1.29 is 14.7 Å². The van der Waals surface area contributed by atoms with Crippen LogP contribution in [0.15, 0.2) is 0 Å². The molecule has 1 N–H and O–H groups in total. The van der Waals surface area contributed by atoms with Gasteiger partial charge >= 0.3 is 5.97 Å². The number of carbonyl (C=O) groups is 2. The normalized spacial score (nSPS) is 16.6. The van der Waals surface area contributed by atoms with Crippen LogP contribution in [0.25, 0.3) is 0 Å². The van der Waals surface area contributed by atoms with E-state index < -0.39 is 5.97 Å². The quantitative estimate of drug-likeness (QED) is 0.708. The molecule has 0 radical (unpaired) electrons. The standard InChI is InChI=1S/C13H23NO3/c1-3-6-14(9-11-4-5-11)12(15)7-10(2)8-13(16)17/h10-11H,3-9H2,1-2H3,(H,16,17). The molecular weight excluding hydrogens is 218 g/mol. The highest BCUT2D eigenvalue weighted by atomic mass is 16.4. The van der Waals surface area contributed by atoms with E-state index in [9.17, 15) is 9.59 Å². The van der Waals surface area contributed by atoms with E-state index in [2.05, 4.69) is 6.92 Å². The fourth-order valence-electron chi connectivity index (χ4n) is 2.00. The Morgan fingerprint density at radius 3 is 2.47 bits per heavy atom. The molecule has 98 valence electrons. The maximum atomic E-state index is 12.0. The van der Waals surface area contributed by atoms with Crippen molar-refractivity contribution in [3.8, 4) is 0 Å². The lowest BCUT2D eigenvalue weighted by molar-refractivity contribution is -0.138. The van der Waals surface area contributed by atoms with Gasteiger partial charge in [0.1, 0.15) is 0 Å². The van der Waals surface area contributed by atoms with E-state index in [0.717, 1.165) is 19.5 Å². The van der Waals surface area contributed by atoms with Crippen LogP contribution in [-0.2, 0) is 9.59 Å². The van der Waals surface area contributed by atoms with Crippen molar-refractivity contribution in [1.82, 2.24) is 4.90 Å². The molecule has 0 aromatic heterocycles. The van der Waals surface area contributed by atoms with E-state index in [1.165, 1.54) is 12.8 Å². The molecule has 0 saturated heterocycles. The molecule has 17 heavy (non-hydrogen) atoms. The number of aliphatic carboxylic acids is 1. The van der Waals surface area contributed by atoms with Crippen LogP contribution in [0.4, 0.5) is 0 Å². The van der Waals surface area contributed by atoms with E-state index in [-0.39, 0.29) is 18.2 Å². The van der Waals surface area contributed by atoms with Gasteiger partial charge in [-0.2, -0.15) is 0 Å². The maximum Gasteiger partial charge on any atom is 0.303 e. The minimum absolute atomic E-state index is 0.0708. The summed E-state index contributed by atoms with van der Waals surface area (Å²) in [5.41, 5.74) is 0. The molecule has 0 heterocycles. The van der Waals surface area contributed by atoms with Crippen LogP contribution in [0.2, 0.25) is 0 Å². The van der Waals surface area contributed by atoms with Crippen LogP contribution < -0.4 is 0 Å². The molecule has 0 aromatic rings. The van der Waals surface area contributed by atoms with Crippen molar-refractivity contribution in [1.29, 1.82) is 0 Å². The van der Waals surface area contributed by atoms with Crippen molar-refractivity contribution in [2.45, 2.75) is 46.0 Å². The minimum Gasteiger partial charge on any atom is -0.481 e. The third-order valence-corrected chi connectivity index (χ3v) is 3.07. The molecule has 1 aliphatic rings. The first kappa shape index (κ1) is 14.0. The molecule has 1 fully saturated rings. The Labute approximate surface area is 103 Å². The van der Waals surface area contributed by atoms with Crippen molar-refractivity contribution in [2.75, 3.05) is 13.1 Å². The second-order valence-electron chi connectivity index (χ2n) is 5.19. The Bertz CT molecular complexity index is 274. The number of hydrogen-bond acceptors (Lipinski definition) is 2. The number of carbonyl (C=O) groups excluding carboxylic acids is 1. The van der Waals surface area contributed by atoms with Gasteiger partial charge in [0, 0.05) is 25.9 Å². The SMILES string of the molecule is CCCN(CC1CC1)C(=O)CC(C)CC(=O)O. The number of amides is 1. The highest BCUT2D eigenvalue weighted by Crippen LogP contribution is 2.30. The molecule has 0 spiro atoms. The molecule has 4 nitrogen and oxygen atoms in total. The third kappa shape index (κ3) is 5.71. The van der Waals surface area contributed by atoms with Gasteiger partial charge in [-0.3, -0.25) is 9.59 Å². The summed E-state index contributed by atoms with van der Waals surface area (Å²) in [5.74, 6) is -0.0825. The predicted molar refractivity (Wildman–Crippen MR) is 65.6 cm³/mol. The van der Waals surface area contributed by atoms with Gasteiger partial charge in [0.2, 0.25) is 5.91 Å². The molecule has 1 aliphatic carbocycles. The molecule has 4 heteroatoms. The smallest absolute Gasteiger partial charge is 0.303 e. The van der Waals surface area contributed by atoms with Crippen LogP contribution in [0.5, 0.6) is 0 Å². The summed E-state index contributed by atoms with van der Waals surface area (Å²) < 4.78 is 0. The Morgan fingerprint density at radius 1 is 1.35 bits per heavy atom. The lowest BCUT2D eigenvalue weighted by atomic mass is 10.0. The molecule has 0 bridgehead atoms. The van der Waals surface area contributed by atoms with Crippen molar-refractivity contribution in [2.24, 2.45) is 11.8 Å². The summed E-state index contributed by atoms with van der Waals surface area (Å²) in [4.78, 5) is 24.5. The Balaban J connectivity index is 2.37. The molecule has 1 saturated carbocycles. The lowest BCUT2D eigenvalue weighted by Crippen LogP contribution is -2.34. The monoisotopic (exact) mass is 241 g/mol. The summed E-state index contributed by atoms with van der Waals surface area (Å²) >= 11 is 0. The molecule has 0 aliphatic heterocycles. The van der Waals surface area contributed by atoms with Gasteiger partial charge in [0.05, 0.1) is 0 Å². The van der Waals surface area contributed by atoms with Gasteiger partial charge in [-0.25, -0.2) is 0 Å². The molecular formula is C13H23NO3. The van der Waals surface area contributed by atoms with Crippen LogP contribution in [-0.4, -0.2) is 35.0 Å². The summed E-state index contributed by atoms with van der Waals surface area (Å²) in [6.45, 7) is 5.56. The first-order valence-electron chi connectivity index (χ1n) is 6.52. The number of hydrogen-bond donors (Lipinski definition) is 1. The molecule has 1 atom stereocenters. The van der Waals surface area contributed by atoms with E-state index in [1.54, 1.807) is 0 Å². The summed E-state index contributed by atoms with van der Waals surface area (Å²) in [6, 6.07) is 0. The summed E-state index contributed by atoms with van der Waals surface area (Å²) in [6.07, 6.45) is 3.87. The van der Waals surface area contributed by atoms with Crippen molar-refractivity contribution in [3.63, 3.8) is 0 Å². The topological polar surface area (TPSA) is 57.6 Å². The first-order chi connectivity index (χ1) is 8.02.